The molecule has 5 nitrogen and oxygen atoms in total. The number of hydrogen-bond donors (Lipinski definition) is 2. The molecule has 2 fully saturated rings. The van der Waals surface area contributed by atoms with E-state index >= 15 is 0 Å². The van der Waals surface area contributed by atoms with E-state index in [-0.39, 0.29) is 5.91 Å². The van der Waals surface area contributed by atoms with Gasteiger partial charge < -0.3 is 11.1 Å². The number of hydrogen-bond acceptors (Lipinski definition) is 3. The molecule has 0 radical (unpaired) electrons. The molecule has 0 bridgehead atoms. The molecule has 150 valence electrons. The Labute approximate surface area is 160 Å². The second-order valence-corrected chi connectivity index (χ2v) is 8.38. The van der Waals surface area contributed by atoms with Crippen LogP contribution in [0.2, 0.25) is 0 Å². The van der Waals surface area contributed by atoms with Gasteiger partial charge in [0.05, 0.1) is 0 Å². The number of nitrogens with two attached hydrogens (primary N) is 1. The summed E-state index contributed by atoms with van der Waals surface area (Å²) in [6.45, 7) is 4.05. The molecule has 26 heavy (non-hydrogen) atoms. The maximum atomic E-state index is 12.4. The lowest BCUT2D eigenvalue weighted by molar-refractivity contribution is -0.126. The molecule has 3 N–H and O–H groups in total. The van der Waals surface area contributed by atoms with Crippen LogP contribution in [-0.2, 0) is 4.79 Å². The Morgan fingerprint density at radius 3 is 2.58 bits per heavy atom. The fourth-order valence-corrected chi connectivity index (χ4v) is 4.42. The SMILES string of the molecule is CCCN[C@@H]1CCC[C@@H](CN=C(N)N(C)C(=O)CCC2CCCCC2)C1. The van der Waals surface area contributed by atoms with Crippen LogP contribution >= 0.6 is 0 Å². The first kappa shape index (κ1) is 21.2. The highest BCUT2D eigenvalue weighted by Gasteiger charge is 2.22. The average molecular weight is 365 g/mol. The number of carbonyl (C=O) groups excluding carboxylic acids is 1. The zero-order valence-electron chi connectivity index (χ0n) is 17.0. The number of aliphatic imine (C=N–C) groups is 1. The molecule has 0 aromatic carbocycles. The summed E-state index contributed by atoms with van der Waals surface area (Å²) < 4.78 is 0. The summed E-state index contributed by atoms with van der Waals surface area (Å²) in [5.74, 6) is 1.82. The second-order valence-electron chi connectivity index (χ2n) is 8.38. The van der Waals surface area contributed by atoms with Crippen LogP contribution in [0.5, 0.6) is 0 Å². The topological polar surface area (TPSA) is 70.7 Å². The first-order valence-corrected chi connectivity index (χ1v) is 10.9. The lowest BCUT2D eigenvalue weighted by atomic mass is 9.85. The summed E-state index contributed by atoms with van der Waals surface area (Å²) in [6.07, 6.45) is 14.3. The molecule has 2 aliphatic rings. The summed E-state index contributed by atoms with van der Waals surface area (Å²) in [7, 11) is 1.77. The molecule has 0 unspecified atom stereocenters. The van der Waals surface area contributed by atoms with Crippen molar-refractivity contribution in [3.63, 3.8) is 0 Å². The van der Waals surface area contributed by atoms with E-state index in [4.69, 9.17) is 5.73 Å². The highest BCUT2D eigenvalue weighted by atomic mass is 16.2. The van der Waals surface area contributed by atoms with Crippen molar-refractivity contribution in [1.29, 1.82) is 0 Å². The molecule has 2 aliphatic carbocycles. The summed E-state index contributed by atoms with van der Waals surface area (Å²) in [4.78, 5) is 18.5. The van der Waals surface area contributed by atoms with Crippen molar-refractivity contribution in [2.75, 3.05) is 20.1 Å². The van der Waals surface area contributed by atoms with Gasteiger partial charge in [-0.3, -0.25) is 14.7 Å². The van der Waals surface area contributed by atoms with Gasteiger partial charge in [0.25, 0.3) is 0 Å². The molecule has 0 heterocycles. The normalized spacial score (nSPS) is 25.2. The number of rotatable bonds is 8. The van der Waals surface area contributed by atoms with Crippen LogP contribution in [0.15, 0.2) is 4.99 Å². The van der Waals surface area contributed by atoms with Crippen molar-refractivity contribution in [2.24, 2.45) is 22.6 Å². The van der Waals surface area contributed by atoms with E-state index in [0.717, 1.165) is 25.4 Å². The van der Waals surface area contributed by atoms with E-state index in [1.54, 1.807) is 11.9 Å². The van der Waals surface area contributed by atoms with Gasteiger partial charge in [0, 0.05) is 26.1 Å². The minimum Gasteiger partial charge on any atom is -0.369 e. The number of amides is 1. The van der Waals surface area contributed by atoms with Crippen molar-refractivity contribution in [2.45, 2.75) is 90.0 Å². The lowest BCUT2D eigenvalue weighted by Gasteiger charge is -2.29. The van der Waals surface area contributed by atoms with E-state index in [1.807, 2.05) is 0 Å². The van der Waals surface area contributed by atoms with E-state index in [0.29, 0.717) is 24.3 Å². The van der Waals surface area contributed by atoms with Gasteiger partial charge in [0.2, 0.25) is 5.91 Å². The summed E-state index contributed by atoms with van der Waals surface area (Å²) in [6, 6.07) is 0.625. The predicted molar refractivity (Wildman–Crippen MR) is 109 cm³/mol. The van der Waals surface area contributed by atoms with E-state index < -0.39 is 0 Å². The van der Waals surface area contributed by atoms with Crippen molar-refractivity contribution < 1.29 is 4.79 Å². The Morgan fingerprint density at radius 1 is 1.12 bits per heavy atom. The van der Waals surface area contributed by atoms with E-state index in [2.05, 4.69) is 17.2 Å². The highest BCUT2D eigenvalue weighted by molar-refractivity contribution is 5.95. The van der Waals surface area contributed by atoms with Gasteiger partial charge in [-0.2, -0.15) is 0 Å². The third-order valence-corrected chi connectivity index (χ3v) is 6.19. The number of nitrogens with one attached hydrogen (secondary N) is 1. The van der Waals surface area contributed by atoms with Crippen LogP contribution in [0.1, 0.15) is 84.0 Å². The molecular weight excluding hydrogens is 324 g/mol. The zero-order chi connectivity index (χ0) is 18.8. The number of nitrogens with zero attached hydrogens (tertiary/aromatic N) is 2. The molecule has 0 aliphatic heterocycles. The van der Waals surface area contributed by atoms with Crippen LogP contribution < -0.4 is 11.1 Å². The van der Waals surface area contributed by atoms with Gasteiger partial charge in [-0.15, -0.1) is 0 Å². The third kappa shape index (κ3) is 7.26. The third-order valence-electron chi connectivity index (χ3n) is 6.19. The molecular formula is C21H40N4O. The lowest BCUT2D eigenvalue weighted by Crippen LogP contribution is -2.40. The van der Waals surface area contributed by atoms with Crippen molar-refractivity contribution in [1.82, 2.24) is 10.2 Å². The van der Waals surface area contributed by atoms with Crippen LogP contribution in [0.4, 0.5) is 0 Å². The molecule has 2 saturated carbocycles. The van der Waals surface area contributed by atoms with Gasteiger partial charge in [-0.25, -0.2) is 0 Å². The smallest absolute Gasteiger partial charge is 0.229 e. The van der Waals surface area contributed by atoms with Crippen LogP contribution in [0.25, 0.3) is 0 Å². The zero-order valence-corrected chi connectivity index (χ0v) is 17.0. The summed E-state index contributed by atoms with van der Waals surface area (Å²) >= 11 is 0. The monoisotopic (exact) mass is 364 g/mol. The van der Waals surface area contributed by atoms with Gasteiger partial charge in [-0.05, 0) is 50.5 Å². The van der Waals surface area contributed by atoms with E-state index in [9.17, 15) is 4.79 Å². The summed E-state index contributed by atoms with van der Waals surface area (Å²) in [5.41, 5.74) is 6.10. The average Bonchev–Trinajstić information content (AvgIpc) is 2.69. The highest BCUT2D eigenvalue weighted by Crippen LogP contribution is 2.27. The minimum atomic E-state index is 0.114. The Bertz CT molecular complexity index is 445. The Hall–Kier alpha value is -1.10. The molecule has 0 spiro atoms. The summed E-state index contributed by atoms with van der Waals surface area (Å²) in [5, 5.41) is 3.63. The molecule has 0 aromatic heterocycles. The van der Waals surface area contributed by atoms with Gasteiger partial charge >= 0.3 is 0 Å². The van der Waals surface area contributed by atoms with Crippen LogP contribution in [-0.4, -0.2) is 42.9 Å². The largest absolute Gasteiger partial charge is 0.369 e. The number of guanidine groups is 1. The maximum Gasteiger partial charge on any atom is 0.229 e. The molecule has 2 rings (SSSR count). The molecule has 0 aromatic rings. The van der Waals surface area contributed by atoms with E-state index in [1.165, 1.54) is 64.2 Å². The first-order chi connectivity index (χ1) is 12.6. The molecule has 0 saturated heterocycles. The fraction of sp³-hybridized carbons (Fsp3) is 0.905. The van der Waals surface area contributed by atoms with Crippen molar-refractivity contribution in [3.05, 3.63) is 0 Å². The second kappa shape index (κ2) is 11.6. The van der Waals surface area contributed by atoms with Gasteiger partial charge in [-0.1, -0.05) is 45.4 Å². The Morgan fingerprint density at radius 2 is 1.85 bits per heavy atom. The fourth-order valence-electron chi connectivity index (χ4n) is 4.42. The maximum absolute atomic E-state index is 12.4. The van der Waals surface area contributed by atoms with Crippen molar-refractivity contribution >= 4 is 11.9 Å². The Kier molecular flexibility index (Phi) is 9.44. The van der Waals surface area contributed by atoms with Crippen LogP contribution in [0, 0.1) is 11.8 Å². The standard InChI is InChI=1S/C21H40N4O/c1-3-14-23-19-11-7-10-18(15-19)16-24-21(22)25(2)20(26)13-12-17-8-5-4-6-9-17/h17-19,23H,3-16H2,1-2H3,(H2,22,24)/t18-,19-/m1/s1. The molecule has 1 amide bonds. The Balaban J connectivity index is 1.71. The van der Waals surface area contributed by atoms with Gasteiger partial charge in [0.15, 0.2) is 5.96 Å². The first-order valence-electron chi connectivity index (χ1n) is 10.9. The molecule has 2 atom stereocenters. The number of carbonyl (C=O) groups is 1. The predicted octanol–water partition coefficient (Wildman–Crippen LogP) is 3.68. The van der Waals surface area contributed by atoms with Crippen LogP contribution in [0.3, 0.4) is 0 Å². The van der Waals surface area contributed by atoms with Gasteiger partial charge in [0.1, 0.15) is 0 Å². The van der Waals surface area contributed by atoms with Crippen molar-refractivity contribution in [3.8, 4) is 0 Å². The minimum absolute atomic E-state index is 0.114. The molecule has 5 heteroatoms. The quantitative estimate of drug-likeness (QED) is 0.510.